The summed E-state index contributed by atoms with van der Waals surface area (Å²) < 4.78 is 0. The molecule has 7 rings (SSSR count). The van der Waals surface area contributed by atoms with Crippen molar-refractivity contribution in [3.05, 3.63) is 72.0 Å². The average molecular weight is 387 g/mol. The van der Waals surface area contributed by atoms with Gasteiger partial charge in [-0.1, -0.05) is 54.7 Å². The fourth-order valence-corrected chi connectivity index (χ4v) is 6.94. The van der Waals surface area contributed by atoms with Crippen LogP contribution in [0.3, 0.4) is 0 Å². The summed E-state index contributed by atoms with van der Waals surface area (Å²) in [6.45, 7) is 0. The zero-order chi connectivity index (χ0) is 18.9. The van der Waals surface area contributed by atoms with Crippen molar-refractivity contribution in [2.24, 2.45) is 5.92 Å². The Balaban J connectivity index is 1.26. The van der Waals surface area contributed by atoms with Gasteiger partial charge in [0.15, 0.2) is 0 Å². The highest BCUT2D eigenvalue weighted by Gasteiger charge is 2.55. The second kappa shape index (κ2) is 6.31. The molecule has 4 aliphatic carbocycles. The van der Waals surface area contributed by atoms with Gasteiger partial charge in [-0.2, -0.15) is 0 Å². The van der Waals surface area contributed by atoms with Crippen LogP contribution in [0.1, 0.15) is 32.1 Å². The summed E-state index contributed by atoms with van der Waals surface area (Å²) in [7, 11) is 0. The van der Waals surface area contributed by atoms with E-state index in [9.17, 15) is 0 Å². The van der Waals surface area contributed by atoms with Crippen LogP contribution in [0.4, 0.5) is 0 Å². The summed E-state index contributed by atoms with van der Waals surface area (Å²) in [5.41, 5.74) is 3.04. The van der Waals surface area contributed by atoms with Crippen molar-refractivity contribution in [2.75, 3.05) is 0 Å². The second-order valence-electron chi connectivity index (χ2n) is 9.61. The zero-order valence-electron chi connectivity index (χ0n) is 16.8. The normalized spacial score (nSPS) is 46.7. The Hall–Kier alpha value is -1.88. The predicted octanol–water partition coefficient (Wildman–Crippen LogP) is 2.96. The summed E-state index contributed by atoms with van der Waals surface area (Å²) in [5, 5.41) is 7.86. The van der Waals surface area contributed by atoms with Crippen LogP contribution in [0.15, 0.2) is 72.0 Å². The fourth-order valence-electron chi connectivity index (χ4n) is 6.94. The molecule has 150 valence electrons. The molecule has 29 heavy (non-hydrogen) atoms. The minimum Gasteiger partial charge on any atom is -0.339 e. The minimum absolute atomic E-state index is 0.331. The van der Waals surface area contributed by atoms with E-state index >= 15 is 0 Å². The van der Waals surface area contributed by atoms with Gasteiger partial charge in [0.2, 0.25) is 0 Å². The molecule has 3 fully saturated rings. The van der Waals surface area contributed by atoms with Crippen molar-refractivity contribution >= 4 is 0 Å². The molecule has 0 aromatic carbocycles. The third kappa shape index (κ3) is 2.37. The predicted molar refractivity (Wildman–Crippen MR) is 116 cm³/mol. The van der Waals surface area contributed by atoms with Gasteiger partial charge in [0.1, 0.15) is 6.29 Å². The van der Waals surface area contributed by atoms with E-state index in [1.807, 2.05) is 0 Å². The third-order valence-electron chi connectivity index (χ3n) is 8.19. The summed E-state index contributed by atoms with van der Waals surface area (Å²) in [4.78, 5) is 5.52. The lowest BCUT2D eigenvalue weighted by Gasteiger charge is -2.37. The highest BCUT2D eigenvalue weighted by atomic mass is 15.6. The van der Waals surface area contributed by atoms with Crippen molar-refractivity contribution in [1.29, 1.82) is 0 Å². The van der Waals surface area contributed by atoms with E-state index in [-0.39, 0.29) is 0 Å². The van der Waals surface area contributed by atoms with Gasteiger partial charge in [0, 0.05) is 35.8 Å². The molecule has 8 unspecified atom stereocenters. The molecule has 0 amide bonds. The van der Waals surface area contributed by atoms with Crippen molar-refractivity contribution in [2.45, 2.75) is 74.6 Å². The van der Waals surface area contributed by atoms with Crippen molar-refractivity contribution < 1.29 is 0 Å². The standard InChI is InChI=1S/C25H30N4/c1-2-8-19-17(7-1)18-15-16(13-14-20(18)26-19)28-23-11-5-6-12-24(23)29-22-10-4-3-9-21(22)27-25(28)29/h1-2,4,6-8,10,12-13,15,17,19-27H,3,5,9,11,14H2. The Bertz CT molecular complexity index is 892. The highest BCUT2D eigenvalue weighted by Crippen LogP contribution is 2.44. The number of rotatable bonds is 1. The summed E-state index contributed by atoms with van der Waals surface area (Å²) in [5.74, 6) is 0.525. The Morgan fingerprint density at radius 1 is 0.897 bits per heavy atom. The topological polar surface area (TPSA) is 30.5 Å². The number of hydrogen-bond acceptors (Lipinski definition) is 4. The van der Waals surface area contributed by atoms with Crippen LogP contribution < -0.4 is 10.6 Å². The quantitative estimate of drug-likeness (QED) is 0.679. The van der Waals surface area contributed by atoms with Crippen LogP contribution in [0.2, 0.25) is 0 Å². The average Bonchev–Trinajstić information content (AvgIpc) is 3.41. The lowest BCUT2D eigenvalue weighted by Crippen LogP contribution is -2.47. The van der Waals surface area contributed by atoms with Crippen molar-refractivity contribution in [3.8, 4) is 0 Å². The minimum atomic E-state index is 0.331. The first kappa shape index (κ1) is 16.9. The molecule has 4 nitrogen and oxygen atoms in total. The van der Waals surface area contributed by atoms with Crippen LogP contribution in [-0.2, 0) is 0 Å². The Kier molecular flexibility index (Phi) is 3.67. The first-order chi connectivity index (χ1) is 14.4. The Labute approximate surface area is 173 Å². The lowest BCUT2D eigenvalue weighted by atomic mass is 9.86. The molecule has 0 bridgehead atoms. The number of hydrogen-bond donors (Lipinski definition) is 2. The van der Waals surface area contributed by atoms with E-state index in [2.05, 4.69) is 81.2 Å². The van der Waals surface area contributed by atoms with E-state index in [4.69, 9.17) is 0 Å². The van der Waals surface area contributed by atoms with Gasteiger partial charge >= 0.3 is 0 Å². The van der Waals surface area contributed by atoms with Gasteiger partial charge in [-0.05, 0) is 43.8 Å². The SMILES string of the molecule is C1=CC2NC3CC=C(N4C5CCC=CC5N5C6C=CCCC6NC45)C=C3C2C=C1. The number of nitrogens with zero attached hydrogens (tertiary/aromatic N) is 2. The van der Waals surface area contributed by atoms with Crippen LogP contribution in [-0.4, -0.2) is 52.3 Å². The largest absolute Gasteiger partial charge is 0.339 e. The third-order valence-corrected chi connectivity index (χ3v) is 8.19. The van der Waals surface area contributed by atoms with Crippen LogP contribution in [0.5, 0.6) is 0 Å². The Morgan fingerprint density at radius 2 is 1.76 bits per heavy atom. The maximum Gasteiger partial charge on any atom is 0.139 e. The summed E-state index contributed by atoms with van der Waals surface area (Å²) in [6.07, 6.45) is 30.3. The molecule has 3 saturated heterocycles. The Morgan fingerprint density at radius 3 is 2.72 bits per heavy atom. The van der Waals surface area contributed by atoms with Gasteiger partial charge < -0.3 is 10.2 Å². The molecule has 8 atom stereocenters. The van der Waals surface area contributed by atoms with Crippen LogP contribution in [0, 0.1) is 5.92 Å². The van der Waals surface area contributed by atoms with Gasteiger partial charge in [-0.3, -0.25) is 10.2 Å². The molecule has 7 aliphatic rings. The van der Waals surface area contributed by atoms with E-state index < -0.39 is 0 Å². The van der Waals surface area contributed by atoms with Crippen LogP contribution >= 0.6 is 0 Å². The molecule has 0 spiro atoms. The highest BCUT2D eigenvalue weighted by molar-refractivity contribution is 5.43. The maximum absolute atomic E-state index is 4.03. The summed E-state index contributed by atoms with van der Waals surface area (Å²) >= 11 is 0. The van der Waals surface area contributed by atoms with E-state index in [1.54, 1.807) is 5.57 Å². The molecule has 3 heterocycles. The first-order valence-electron chi connectivity index (χ1n) is 11.6. The molecular weight excluding hydrogens is 356 g/mol. The molecule has 2 N–H and O–H groups in total. The van der Waals surface area contributed by atoms with Crippen LogP contribution in [0.25, 0.3) is 0 Å². The zero-order valence-corrected chi connectivity index (χ0v) is 16.8. The number of allylic oxidation sites excluding steroid dienone is 5. The van der Waals surface area contributed by atoms with Gasteiger partial charge in [-0.15, -0.1) is 0 Å². The molecule has 3 aliphatic heterocycles. The fraction of sp³-hybridized carbons (Fsp3) is 0.520. The van der Waals surface area contributed by atoms with Gasteiger partial charge in [-0.25, -0.2) is 0 Å². The van der Waals surface area contributed by atoms with E-state index in [1.165, 1.54) is 31.4 Å². The second-order valence-corrected chi connectivity index (χ2v) is 9.61. The molecule has 0 aromatic rings. The number of nitrogens with one attached hydrogen (secondary N) is 2. The molecular formula is C25H30N4. The maximum atomic E-state index is 4.03. The monoisotopic (exact) mass is 386 g/mol. The van der Waals surface area contributed by atoms with Gasteiger partial charge in [0.05, 0.1) is 12.1 Å². The van der Waals surface area contributed by atoms with Gasteiger partial charge in [0.25, 0.3) is 0 Å². The van der Waals surface area contributed by atoms with E-state index in [0.29, 0.717) is 48.5 Å². The lowest BCUT2D eigenvalue weighted by molar-refractivity contribution is 0.161. The summed E-state index contributed by atoms with van der Waals surface area (Å²) in [6, 6.07) is 3.23. The smallest absolute Gasteiger partial charge is 0.139 e. The molecule has 0 radical (unpaired) electrons. The molecule has 0 aromatic heterocycles. The van der Waals surface area contributed by atoms with E-state index in [0.717, 1.165) is 6.42 Å². The first-order valence-corrected chi connectivity index (χ1v) is 11.6. The number of fused-ring (bicyclic) bond motifs is 8. The van der Waals surface area contributed by atoms with Crippen molar-refractivity contribution in [3.63, 3.8) is 0 Å². The molecule has 0 saturated carbocycles. The van der Waals surface area contributed by atoms with Crippen molar-refractivity contribution in [1.82, 2.24) is 20.4 Å². The molecule has 4 heteroatoms.